The molecule has 2 rings (SSSR count). The average molecular weight is 376 g/mol. The van der Waals surface area contributed by atoms with Gasteiger partial charge in [-0.1, -0.05) is 19.9 Å². The minimum atomic E-state index is -0.651. The zero-order chi connectivity index (χ0) is 19.1. The summed E-state index contributed by atoms with van der Waals surface area (Å²) in [5, 5.41) is 7.46. The molecule has 0 saturated heterocycles. The van der Waals surface area contributed by atoms with Crippen LogP contribution in [-0.4, -0.2) is 31.6 Å². The second kappa shape index (κ2) is 9.24. The number of hydrogen-bond donors (Lipinski definition) is 2. The summed E-state index contributed by atoms with van der Waals surface area (Å²) in [6, 6.07) is 8.06. The summed E-state index contributed by atoms with van der Waals surface area (Å²) >= 11 is 1.34. The number of nitrogens with one attached hydrogen (secondary N) is 2. The fraction of sp³-hybridized carbons (Fsp3) is 0.368. The number of amides is 2. The van der Waals surface area contributed by atoms with Gasteiger partial charge >= 0.3 is 0 Å². The van der Waals surface area contributed by atoms with Crippen molar-refractivity contribution in [3.05, 3.63) is 40.6 Å². The number of thiophene rings is 1. The number of carbonyl (C=O) groups is 2. The van der Waals surface area contributed by atoms with Crippen LogP contribution in [0.1, 0.15) is 30.4 Å². The van der Waals surface area contributed by atoms with Crippen molar-refractivity contribution < 1.29 is 19.1 Å². The maximum absolute atomic E-state index is 12.7. The van der Waals surface area contributed by atoms with Crippen LogP contribution in [0.5, 0.6) is 11.5 Å². The van der Waals surface area contributed by atoms with E-state index in [4.69, 9.17) is 9.47 Å². The zero-order valence-corrected chi connectivity index (χ0v) is 16.2. The van der Waals surface area contributed by atoms with Crippen molar-refractivity contribution in [2.75, 3.05) is 19.0 Å². The number of rotatable bonds is 8. The van der Waals surface area contributed by atoms with E-state index in [0.29, 0.717) is 28.7 Å². The highest BCUT2D eigenvalue weighted by Gasteiger charge is 2.25. The molecule has 0 spiro atoms. The SMILES string of the molecule is CCOc1ccc(NC(=O)[C@H](NC(=O)c2cccs2)C(C)C)cc1OC. The molecule has 1 aromatic carbocycles. The topological polar surface area (TPSA) is 76.7 Å². The Balaban J connectivity index is 2.11. The van der Waals surface area contributed by atoms with Crippen molar-refractivity contribution in [2.45, 2.75) is 26.8 Å². The Bertz CT molecular complexity index is 744. The first-order chi connectivity index (χ1) is 12.5. The van der Waals surface area contributed by atoms with Gasteiger partial charge in [0.2, 0.25) is 5.91 Å². The van der Waals surface area contributed by atoms with E-state index in [9.17, 15) is 9.59 Å². The van der Waals surface area contributed by atoms with E-state index >= 15 is 0 Å². The predicted molar refractivity (Wildman–Crippen MR) is 103 cm³/mol. The monoisotopic (exact) mass is 376 g/mol. The van der Waals surface area contributed by atoms with Crippen LogP contribution in [0.3, 0.4) is 0 Å². The first-order valence-electron chi connectivity index (χ1n) is 8.42. The van der Waals surface area contributed by atoms with Gasteiger partial charge < -0.3 is 20.1 Å². The zero-order valence-electron chi connectivity index (χ0n) is 15.4. The van der Waals surface area contributed by atoms with Crippen molar-refractivity contribution in [1.29, 1.82) is 0 Å². The second-order valence-electron chi connectivity index (χ2n) is 5.96. The fourth-order valence-corrected chi connectivity index (χ4v) is 3.02. The molecule has 0 unspecified atom stereocenters. The Labute approximate surface area is 157 Å². The lowest BCUT2D eigenvalue weighted by Crippen LogP contribution is -2.46. The van der Waals surface area contributed by atoms with Crippen LogP contribution in [0.4, 0.5) is 5.69 Å². The van der Waals surface area contributed by atoms with Gasteiger partial charge in [0.05, 0.1) is 18.6 Å². The molecule has 0 aliphatic heterocycles. The number of methoxy groups -OCH3 is 1. The van der Waals surface area contributed by atoms with Gasteiger partial charge in [-0.05, 0) is 36.4 Å². The Kier molecular flexibility index (Phi) is 7.03. The van der Waals surface area contributed by atoms with Gasteiger partial charge in [-0.3, -0.25) is 9.59 Å². The van der Waals surface area contributed by atoms with Crippen LogP contribution < -0.4 is 20.1 Å². The van der Waals surface area contributed by atoms with Crippen LogP contribution in [0, 0.1) is 5.92 Å². The highest BCUT2D eigenvalue weighted by molar-refractivity contribution is 7.12. The summed E-state index contributed by atoms with van der Waals surface area (Å²) < 4.78 is 10.8. The molecule has 0 fully saturated rings. The molecule has 2 amide bonds. The van der Waals surface area contributed by atoms with Gasteiger partial charge in [-0.15, -0.1) is 11.3 Å². The van der Waals surface area contributed by atoms with Gasteiger partial charge in [0.25, 0.3) is 5.91 Å². The van der Waals surface area contributed by atoms with Crippen LogP contribution in [0.25, 0.3) is 0 Å². The van der Waals surface area contributed by atoms with Crippen molar-refractivity contribution >= 4 is 28.8 Å². The van der Waals surface area contributed by atoms with Gasteiger partial charge in [-0.2, -0.15) is 0 Å². The lowest BCUT2D eigenvalue weighted by molar-refractivity contribution is -0.118. The van der Waals surface area contributed by atoms with E-state index < -0.39 is 6.04 Å². The van der Waals surface area contributed by atoms with Crippen LogP contribution in [-0.2, 0) is 4.79 Å². The molecule has 140 valence electrons. The molecular weight excluding hydrogens is 352 g/mol. The molecule has 0 bridgehead atoms. The number of carbonyl (C=O) groups excluding carboxylic acids is 2. The van der Waals surface area contributed by atoms with E-state index in [1.54, 1.807) is 37.4 Å². The smallest absolute Gasteiger partial charge is 0.262 e. The summed E-state index contributed by atoms with van der Waals surface area (Å²) in [5.41, 5.74) is 0.575. The van der Waals surface area contributed by atoms with E-state index in [-0.39, 0.29) is 17.7 Å². The third-order valence-corrected chi connectivity index (χ3v) is 4.58. The Morgan fingerprint density at radius 1 is 1.19 bits per heavy atom. The molecule has 7 heteroatoms. The molecule has 1 aromatic heterocycles. The lowest BCUT2D eigenvalue weighted by Gasteiger charge is -2.21. The molecule has 2 aromatic rings. The standard InChI is InChI=1S/C19H24N2O4S/c1-5-25-14-9-8-13(11-15(14)24-4)20-19(23)17(12(2)3)21-18(22)16-7-6-10-26-16/h6-12,17H,5H2,1-4H3,(H,20,23)(H,21,22)/t17-/m1/s1. The van der Waals surface area contributed by atoms with Crippen molar-refractivity contribution in [3.8, 4) is 11.5 Å². The minimum Gasteiger partial charge on any atom is -0.493 e. The summed E-state index contributed by atoms with van der Waals surface area (Å²) in [5.74, 6) is 0.547. The molecular formula is C19H24N2O4S. The molecule has 0 saturated carbocycles. The van der Waals surface area contributed by atoms with Gasteiger partial charge in [0.1, 0.15) is 6.04 Å². The predicted octanol–water partition coefficient (Wildman–Crippen LogP) is 3.55. The molecule has 0 aliphatic carbocycles. The quantitative estimate of drug-likeness (QED) is 0.739. The first-order valence-corrected chi connectivity index (χ1v) is 9.30. The molecule has 1 heterocycles. The Morgan fingerprint density at radius 3 is 2.54 bits per heavy atom. The van der Waals surface area contributed by atoms with Gasteiger partial charge in [0, 0.05) is 11.8 Å². The number of benzene rings is 1. The van der Waals surface area contributed by atoms with Crippen LogP contribution in [0.2, 0.25) is 0 Å². The molecule has 0 aliphatic rings. The average Bonchev–Trinajstić information content (AvgIpc) is 3.15. The van der Waals surface area contributed by atoms with E-state index in [1.165, 1.54) is 11.3 Å². The van der Waals surface area contributed by atoms with Gasteiger partial charge in [-0.25, -0.2) is 0 Å². The summed E-state index contributed by atoms with van der Waals surface area (Å²) in [6.45, 7) is 6.18. The largest absolute Gasteiger partial charge is 0.493 e. The lowest BCUT2D eigenvalue weighted by atomic mass is 10.0. The third-order valence-electron chi connectivity index (χ3n) is 3.71. The summed E-state index contributed by atoms with van der Waals surface area (Å²) in [4.78, 5) is 25.5. The molecule has 2 N–H and O–H groups in total. The van der Waals surface area contributed by atoms with E-state index in [1.807, 2.05) is 26.2 Å². The van der Waals surface area contributed by atoms with Crippen molar-refractivity contribution in [1.82, 2.24) is 5.32 Å². The highest BCUT2D eigenvalue weighted by atomic mass is 32.1. The molecule has 1 atom stereocenters. The minimum absolute atomic E-state index is 0.0662. The summed E-state index contributed by atoms with van der Waals surface area (Å²) in [7, 11) is 1.54. The number of hydrogen-bond acceptors (Lipinski definition) is 5. The first kappa shape index (κ1) is 19.8. The van der Waals surface area contributed by atoms with E-state index in [2.05, 4.69) is 10.6 Å². The molecule has 26 heavy (non-hydrogen) atoms. The van der Waals surface area contributed by atoms with Crippen LogP contribution >= 0.6 is 11.3 Å². The van der Waals surface area contributed by atoms with Crippen LogP contribution in [0.15, 0.2) is 35.7 Å². The highest BCUT2D eigenvalue weighted by Crippen LogP contribution is 2.30. The molecule has 6 nitrogen and oxygen atoms in total. The Morgan fingerprint density at radius 2 is 1.96 bits per heavy atom. The Hall–Kier alpha value is -2.54. The van der Waals surface area contributed by atoms with E-state index in [0.717, 1.165) is 0 Å². The number of anilines is 1. The normalized spacial score (nSPS) is 11.7. The number of ether oxygens (including phenoxy) is 2. The van der Waals surface area contributed by atoms with Crippen molar-refractivity contribution in [3.63, 3.8) is 0 Å². The fourth-order valence-electron chi connectivity index (χ4n) is 2.40. The maximum Gasteiger partial charge on any atom is 0.262 e. The third kappa shape index (κ3) is 4.98. The van der Waals surface area contributed by atoms with Gasteiger partial charge in [0.15, 0.2) is 11.5 Å². The molecule has 0 radical (unpaired) electrons. The maximum atomic E-state index is 12.7. The van der Waals surface area contributed by atoms with Crippen molar-refractivity contribution in [2.24, 2.45) is 5.92 Å². The second-order valence-corrected chi connectivity index (χ2v) is 6.91. The summed E-state index contributed by atoms with van der Waals surface area (Å²) in [6.07, 6.45) is 0.